The third-order valence-electron chi connectivity index (χ3n) is 4.23. The highest BCUT2D eigenvalue weighted by Gasteiger charge is 2.24. The van der Waals surface area contributed by atoms with Crippen molar-refractivity contribution in [3.8, 4) is 5.69 Å². The van der Waals surface area contributed by atoms with Crippen LogP contribution in [0, 0.1) is 0 Å². The molecule has 0 aliphatic rings. The van der Waals surface area contributed by atoms with Gasteiger partial charge >= 0.3 is 6.03 Å². The number of amides is 3. The van der Waals surface area contributed by atoms with E-state index in [1.165, 1.54) is 4.90 Å². The van der Waals surface area contributed by atoms with Gasteiger partial charge in [-0.05, 0) is 39.8 Å². The SMILES string of the molecule is CCN(CC(=O)Nc1cc(C(C)(C)C)nn1-c1ccccc1)C(=O)NC(C)(C)C. The molecule has 0 saturated heterocycles. The van der Waals surface area contributed by atoms with E-state index in [4.69, 9.17) is 5.10 Å². The Morgan fingerprint density at radius 2 is 1.69 bits per heavy atom. The van der Waals surface area contributed by atoms with Crippen LogP contribution in [-0.4, -0.2) is 45.2 Å². The number of hydrogen-bond donors (Lipinski definition) is 2. The molecule has 0 radical (unpaired) electrons. The average molecular weight is 400 g/mol. The first-order valence-corrected chi connectivity index (χ1v) is 9.93. The van der Waals surface area contributed by atoms with Crippen molar-refractivity contribution >= 4 is 17.8 Å². The lowest BCUT2D eigenvalue weighted by atomic mass is 9.92. The van der Waals surface area contributed by atoms with Gasteiger partial charge in [0.25, 0.3) is 0 Å². The molecule has 158 valence electrons. The lowest BCUT2D eigenvalue weighted by Crippen LogP contribution is -2.50. The van der Waals surface area contributed by atoms with Gasteiger partial charge in [-0.15, -0.1) is 0 Å². The topological polar surface area (TPSA) is 79.3 Å². The molecular formula is C22H33N5O2. The zero-order valence-electron chi connectivity index (χ0n) is 18.5. The molecule has 2 N–H and O–H groups in total. The molecule has 2 rings (SSSR count). The predicted octanol–water partition coefficient (Wildman–Crippen LogP) is 3.94. The molecule has 1 aromatic carbocycles. The zero-order valence-corrected chi connectivity index (χ0v) is 18.5. The fraction of sp³-hybridized carbons (Fsp3) is 0.500. The summed E-state index contributed by atoms with van der Waals surface area (Å²) in [5.74, 6) is 0.312. The van der Waals surface area contributed by atoms with Gasteiger partial charge in [0.05, 0.1) is 11.4 Å². The summed E-state index contributed by atoms with van der Waals surface area (Å²) in [5.41, 5.74) is 1.20. The van der Waals surface area contributed by atoms with Gasteiger partial charge in [0.15, 0.2) is 0 Å². The Kier molecular flexibility index (Phi) is 6.72. The second kappa shape index (κ2) is 8.68. The number of rotatable bonds is 5. The number of likely N-dealkylation sites (N-methyl/N-ethyl adjacent to an activating group) is 1. The monoisotopic (exact) mass is 399 g/mol. The first-order chi connectivity index (χ1) is 13.4. The minimum atomic E-state index is -0.367. The molecule has 0 saturated carbocycles. The number of anilines is 1. The van der Waals surface area contributed by atoms with E-state index in [0.29, 0.717) is 12.4 Å². The molecule has 0 spiro atoms. The molecule has 0 fully saturated rings. The van der Waals surface area contributed by atoms with Gasteiger partial charge < -0.3 is 15.5 Å². The van der Waals surface area contributed by atoms with E-state index < -0.39 is 0 Å². The Morgan fingerprint density at radius 3 is 2.21 bits per heavy atom. The largest absolute Gasteiger partial charge is 0.333 e. The fourth-order valence-corrected chi connectivity index (χ4v) is 2.69. The van der Waals surface area contributed by atoms with Crippen LogP contribution in [0.25, 0.3) is 5.69 Å². The molecule has 29 heavy (non-hydrogen) atoms. The van der Waals surface area contributed by atoms with Crippen molar-refractivity contribution in [2.75, 3.05) is 18.4 Å². The smallest absolute Gasteiger partial charge is 0.318 e. The van der Waals surface area contributed by atoms with Gasteiger partial charge in [-0.1, -0.05) is 39.0 Å². The molecule has 2 aromatic rings. The van der Waals surface area contributed by atoms with Gasteiger partial charge in [0.1, 0.15) is 12.4 Å². The summed E-state index contributed by atoms with van der Waals surface area (Å²) < 4.78 is 1.73. The van der Waals surface area contributed by atoms with Crippen molar-refractivity contribution in [2.24, 2.45) is 0 Å². The lowest BCUT2D eigenvalue weighted by molar-refractivity contribution is -0.116. The third-order valence-corrected chi connectivity index (χ3v) is 4.23. The number of urea groups is 1. The molecule has 7 nitrogen and oxygen atoms in total. The summed E-state index contributed by atoms with van der Waals surface area (Å²) in [5, 5.41) is 10.5. The first-order valence-electron chi connectivity index (χ1n) is 9.93. The fourth-order valence-electron chi connectivity index (χ4n) is 2.69. The van der Waals surface area contributed by atoms with Crippen LogP contribution in [0.3, 0.4) is 0 Å². The van der Waals surface area contributed by atoms with Crippen LogP contribution < -0.4 is 10.6 Å². The number of carbonyl (C=O) groups excluding carboxylic acids is 2. The molecule has 1 aromatic heterocycles. The highest BCUT2D eigenvalue weighted by Crippen LogP contribution is 2.26. The Labute approximate surface area is 173 Å². The van der Waals surface area contributed by atoms with Crippen LogP contribution in [0.1, 0.15) is 54.2 Å². The minimum Gasteiger partial charge on any atom is -0.333 e. The number of nitrogens with one attached hydrogen (secondary N) is 2. The second-order valence-corrected chi connectivity index (χ2v) is 9.15. The number of aromatic nitrogens is 2. The molecular weight excluding hydrogens is 366 g/mol. The van der Waals surface area contributed by atoms with Crippen LogP contribution in [-0.2, 0) is 10.2 Å². The van der Waals surface area contributed by atoms with Crippen molar-refractivity contribution in [1.82, 2.24) is 20.0 Å². The Hall–Kier alpha value is -2.83. The van der Waals surface area contributed by atoms with Crippen molar-refractivity contribution in [3.05, 3.63) is 42.1 Å². The maximum absolute atomic E-state index is 12.7. The molecule has 7 heteroatoms. The third kappa shape index (κ3) is 6.34. The first kappa shape index (κ1) is 22.5. The van der Waals surface area contributed by atoms with Gasteiger partial charge in [-0.2, -0.15) is 5.10 Å². The Balaban J connectivity index is 2.22. The van der Waals surface area contributed by atoms with Crippen LogP contribution >= 0.6 is 0 Å². The van der Waals surface area contributed by atoms with Crippen LogP contribution in [0.4, 0.5) is 10.6 Å². The normalized spacial score (nSPS) is 11.8. The highest BCUT2D eigenvalue weighted by molar-refractivity contribution is 5.94. The molecule has 1 heterocycles. The maximum atomic E-state index is 12.7. The average Bonchev–Trinajstić information content (AvgIpc) is 3.03. The predicted molar refractivity (Wildman–Crippen MR) is 116 cm³/mol. The molecule has 0 atom stereocenters. The molecule has 0 aliphatic carbocycles. The summed E-state index contributed by atoms with van der Waals surface area (Å²) in [6.45, 7) is 14.2. The summed E-state index contributed by atoms with van der Waals surface area (Å²) in [7, 11) is 0. The van der Waals surface area contributed by atoms with E-state index in [0.717, 1.165) is 11.4 Å². The van der Waals surface area contributed by atoms with E-state index in [1.807, 2.05) is 64.1 Å². The van der Waals surface area contributed by atoms with Gasteiger partial charge in [-0.3, -0.25) is 4.79 Å². The molecule has 3 amide bonds. The summed E-state index contributed by atoms with van der Waals surface area (Å²) in [4.78, 5) is 26.6. The number of para-hydroxylation sites is 1. The Morgan fingerprint density at radius 1 is 1.07 bits per heavy atom. The maximum Gasteiger partial charge on any atom is 0.318 e. The number of carbonyl (C=O) groups is 2. The number of benzene rings is 1. The van der Waals surface area contributed by atoms with E-state index in [2.05, 4.69) is 31.4 Å². The van der Waals surface area contributed by atoms with Crippen molar-refractivity contribution in [1.29, 1.82) is 0 Å². The van der Waals surface area contributed by atoms with Gasteiger partial charge in [0.2, 0.25) is 5.91 Å². The van der Waals surface area contributed by atoms with Gasteiger partial charge in [0, 0.05) is 23.6 Å². The highest BCUT2D eigenvalue weighted by atomic mass is 16.2. The summed E-state index contributed by atoms with van der Waals surface area (Å²) in [6.07, 6.45) is 0. The number of hydrogen-bond acceptors (Lipinski definition) is 3. The molecule has 0 aliphatic heterocycles. The van der Waals surface area contributed by atoms with E-state index >= 15 is 0 Å². The Bertz CT molecular complexity index is 844. The van der Waals surface area contributed by atoms with Crippen LogP contribution in [0.2, 0.25) is 0 Å². The van der Waals surface area contributed by atoms with Crippen molar-refractivity contribution in [2.45, 2.75) is 59.4 Å². The van der Waals surface area contributed by atoms with Crippen molar-refractivity contribution in [3.63, 3.8) is 0 Å². The van der Waals surface area contributed by atoms with E-state index in [1.54, 1.807) is 4.68 Å². The molecule has 0 bridgehead atoms. The molecule has 0 unspecified atom stereocenters. The van der Waals surface area contributed by atoms with Crippen molar-refractivity contribution < 1.29 is 9.59 Å². The van der Waals surface area contributed by atoms with Crippen LogP contribution in [0.15, 0.2) is 36.4 Å². The van der Waals surface area contributed by atoms with E-state index in [9.17, 15) is 9.59 Å². The quantitative estimate of drug-likeness (QED) is 0.799. The zero-order chi connectivity index (χ0) is 21.8. The number of nitrogens with zero attached hydrogens (tertiary/aromatic N) is 3. The van der Waals surface area contributed by atoms with E-state index in [-0.39, 0.29) is 29.4 Å². The summed E-state index contributed by atoms with van der Waals surface area (Å²) in [6, 6.07) is 11.3. The summed E-state index contributed by atoms with van der Waals surface area (Å²) >= 11 is 0. The van der Waals surface area contributed by atoms with Gasteiger partial charge in [-0.25, -0.2) is 9.48 Å². The standard InChI is InChI=1S/C22H33N5O2/c1-8-26(20(29)24-22(5,6)7)15-19(28)23-18-14-17(21(2,3)4)25-27(18)16-12-10-9-11-13-16/h9-14H,8,15H2,1-7H3,(H,23,28)(H,24,29). The minimum absolute atomic E-state index is 0.0385. The van der Waals surface area contributed by atoms with Crippen LogP contribution in [0.5, 0.6) is 0 Å². The second-order valence-electron chi connectivity index (χ2n) is 9.15. The lowest BCUT2D eigenvalue weighted by Gasteiger charge is -2.27.